The van der Waals surface area contributed by atoms with Gasteiger partial charge in [0.2, 0.25) is 0 Å². The third-order valence-electron chi connectivity index (χ3n) is 16.9. The maximum Gasteiger partial charge on any atom is -0.0168 e. The third-order valence-corrected chi connectivity index (χ3v) is 16.9. The summed E-state index contributed by atoms with van der Waals surface area (Å²) in [5.41, 5.74) is 0.811. The molecule has 0 aromatic rings. The Bertz CT molecular complexity index is 917. The van der Waals surface area contributed by atoms with Crippen molar-refractivity contribution >= 4 is 0 Å². The van der Waals surface area contributed by atoms with E-state index in [0.29, 0.717) is 0 Å². The Morgan fingerprint density at radius 2 is 1.30 bits per heavy atom. The molecule has 9 saturated carbocycles. The summed E-state index contributed by atoms with van der Waals surface area (Å²) in [6.07, 6.45) is 22.9. The lowest BCUT2D eigenvalue weighted by Gasteiger charge is -2.71. The van der Waals surface area contributed by atoms with Crippen LogP contribution in [0.5, 0.6) is 0 Å². The van der Waals surface area contributed by atoms with E-state index >= 15 is 0 Å². The largest absolute Gasteiger partial charge is 0.0625 e. The average Bonchev–Trinajstić information content (AvgIpc) is 3.56. The van der Waals surface area contributed by atoms with E-state index in [2.05, 4.69) is 27.7 Å². The molecular weight excluding hydrogens is 444 g/mol. The van der Waals surface area contributed by atoms with Gasteiger partial charge in [0, 0.05) is 0 Å². The zero-order chi connectivity index (χ0) is 24.8. The predicted octanol–water partition coefficient (Wildman–Crippen LogP) is 9.73. The second kappa shape index (κ2) is 8.05. The fraction of sp³-hybridized carbons (Fsp3) is 1.00. The van der Waals surface area contributed by atoms with E-state index in [4.69, 9.17) is 0 Å². The monoisotopic (exact) mass is 502 g/mol. The van der Waals surface area contributed by atoms with Gasteiger partial charge in [-0.15, -0.1) is 0 Å². The summed E-state index contributed by atoms with van der Waals surface area (Å²) < 4.78 is 0. The van der Waals surface area contributed by atoms with E-state index in [1.54, 1.807) is 89.9 Å². The summed E-state index contributed by atoms with van der Waals surface area (Å²) >= 11 is 0. The Hall–Kier alpha value is 0. The van der Waals surface area contributed by atoms with Gasteiger partial charge in [-0.2, -0.15) is 0 Å². The SMILES string of the molecule is CC1CCC2C(C1)C1CCC3CC4CC(C)CC5C6CCCC6C6(C7CCC(C(C)C)CC7C2C1C36)C45. The van der Waals surface area contributed by atoms with Crippen molar-refractivity contribution in [2.45, 2.75) is 118 Å². The Kier molecular flexibility index (Phi) is 5.15. The Morgan fingerprint density at radius 1 is 0.514 bits per heavy atom. The van der Waals surface area contributed by atoms with Gasteiger partial charge in [-0.25, -0.2) is 0 Å². The Balaban J connectivity index is 1.24. The molecule has 0 aliphatic heterocycles. The molecule has 0 heteroatoms. The second-order valence-electron chi connectivity index (χ2n) is 18.0. The number of rotatable bonds is 1. The van der Waals surface area contributed by atoms with Crippen LogP contribution in [0.15, 0.2) is 0 Å². The smallest absolute Gasteiger partial charge is 0.0168 e. The van der Waals surface area contributed by atoms with Crippen LogP contribution >= 0.6 is 0 Å². The molecule has 0 aromatic carbocycles. The van der Waals surface area contributed by atoms with Crippen molar-refractivity contribution in [3.05, 3.63) is 0 Å². The summed E-state index contributed by atoms with van der Waals surface area (Å²) in [5, 5.41) is 0. The van der Waals surface area contributed by atoms with Crippen LogP contribution in [0.2, 0.25) is 0 Å². The second-order valence-corrected chi connectivity index (χ2v) is 18.0. The Labute approximate surface area is 229 Å². The van der Waals surface area contributed by atoms with E-state index in [0.717, 1.165) is 94.2 Å². The highest BCUT2D eigenvalue weighted by Gasteiger charge is 2.78. The fourth-order valence-corrected chi connectivity index (χ4v) is 16.8. The van der Waals surface area contributed by atoms with Gasteiger partial charge in [0.15, 0.2) is 0 Å². The van der Waals surface area contributed by atoms with E-state index in [-0.39, 0.29) is 0 Å². The van der Waals surface area contributed by atoms with Gasteiger partial charge in [0.05, 0.1) is 0 Å². The van der Waals surface area contributed by atoms with E-state index < -0.39 is 0 Å². The first-order valence-corrected chi connectivity index (χ1v) is 18.0. The molecule has 0 N–H and O–H groups in total. The first-order valence-electron chi connectivity index (χ1n) is 18.0. The molecule has 9 rings (SSSR count). The van der Waals surface area contributed by atoms with Gasteiger partial charge in [-0.05, 0) is 189 Å². The lowest BCUT2D eigenvalue weighted by Crippen LogP contribution is -2.66. The quantitative estimate of drug-likeness (QED) is 0.335. The van der Waals surface area contributed by atoms with Crippen LogP contribution in [0.1, 0.15) is 118 Å². The highest BCUT2D eigenvalue weighted by Crippen LogP contribution is 2.83. The van der Waals surface area contributed by atoms with Crippen LogP contribution in [0, 0.1) is 112 Å². The molecule has 18 unspecified atom stereocenters. The molecule has 9 aliphatic rings. The molecule has 9 aliphatic carbocycles. The van der Waals surface area contributed by atoms with Crippen LogP contribution in [0.3, 0.4) is 0 Å². The highest BCUT2D eigenvalue weighted by molar-refractivity contribution is 5.26. The van der Waals surface area contributed by atoms with E-state index in [9.17, 15) is 0 Å². The lowest BCUT2D eigenvalue weighted by atomic mass is 9.33. The number of hydrogen-bond acceptors (Lipinski definition) is 0. The first-order chi connectivity index (χ1) is 18.0. The topological polar surface area (TPSA) is 0 Å². The minimum Gasteiger partial charge on any atom is -0.0625 e. The predicted molar refractivity (Wildman–Crippen MR) is 153 cm³/mol. The van der Waals surface area contributed by atoms with Crippen molar-refractivity contribution in [2.75, 3.05) is 0 Å². The van der Waals surface area contributed by atoms with Gasteiger partial charge in [0.25, 0.3) is 0 Å². The molecule has 206 valence electrons. The van der Waals surface area contributed by atoms with E-state index in [1.165, 1.54) is 17.8 Å². The van der Waals surface area contributed by atoms with Gasteiger partial charge >= 0.3 is 0 Å². The van der Waals surface area contributed by atoms with Crippen molar-refractivity contribution in [1.29, 1.82) is 0 Å². The van der Waals surface area contributed by atoms with Crippen LogP contribution < -0.4 is 0 Å². The zero-order valence-corrected chi connectivity index (χ0v) is 24.8. The molecule has 37 heavy (non-hydrogen) atoms. The van der Waals surface area contributed by atoms with Crippen molar-refractivity contribution in [1.82, 2.24) is 0 Å². The molecular formula is C37H58. The molecule has 0 radical (unpaired) electrons. The molecule has 1 spiro atoms. The zero-order valence-electron chi connectivity index (χ0n) is 24.8. The van der Waals surface area contributed by atoms with Crippen molar-refractivity contribution < 1.29 is 0 Å². The van der Waals surface area contributed by atoms with Crippen LogP contribution in [0.4, 0.5) is 0 Å². The molecule has 9 fully saturated rings. The van der Waals surface area contributed by atoms with Crippen molar-refractivity contribution in [2.24, 2.45) is 112 Å². The Morgan fingerprint density at radius 3 is 2.16 bits per heavy atom. The normalized spacial score (nSPS) is 64.9. The third kappa shape index (κ3) is 2.84. The van der Waals surface area contributed by atoms with Gasteiger partial charge in [0.1, 0.15) is 0 Å². The molecule has 0 heterocycles. The summed E-state index contributed by atoms with van der Waals surface area (Å²) in [6.45, 7) is 10.5. The van der Waals surface area contributed by atoms with Gasteiger partial charge in [-0.1, -0.05) is 40.5 Å². The minimum atomic E-state index is 0.811. The molecule has 0 aromatic heterocycles. The summed E-state index contributed by atoms with van der Waals surface area (Å²) in [6, 6.07) is 0. The summed E-state index contributed by atoms with van der Waals surface area (Å²) in [4.78, 5) is 0. The van der Waals surface area contributed by atoms with Crippen molar-refractivity contribution in [3.63, 3.8) is 0 Å². The van der Waals surface area contributed by atoms with Crippen LogP contribution in [-0.4, -0.2) is 0 Å². The minimum absolute atomic E-state index is 0.811. The molecule has 0 saturated heterocycles. The molecule has 0 nitrogen and oxygen atoms in total. The van der Waals surface area contributed by atoms with E-state index in [1.807, 2.05) is 0 Å². The highest BCUT2D eigenvalue weighted by atomic mass is 14.8. The van der Waals surface area contributed by atoms with Crippen LogP contribution in [0.25, 0.3) is 0 Å². The van der Waals surface area contributed by atoms with Crippen LogP contribution in [-0.2, 0) is 0 Å². The number of hydrogen-bond donors (Lipinski definition) is 0. The summed E-state index contributed by atoms with van der Waals surface area (Å²) in [7, 11) is 0. The maximum absolute atomic E-state index is 2.67. The van der Waals surface area contributed by atoms with Crippen molar-refractivity contribution in [3.8, 4) is 0 Å². The molecule has 0 bridgehead atoms. The van der Waals surface area contributed by atoms with Gasteiger partial charge < -0.3 is 0 Å². The first kappa shape index (κ1) is 23.7. The number of fused-ring (bicyclic) bond motifs is 7. The molecule has 18 atom stereocenters. The summed E-state index contributed by atoms with van der Waals surface area (Å²) in [5.74, 6) is 20.1. The molecule has 0 amide bonds. The average molecular weight is 503 g/mol. The fourth-order valence-electron chi connectivity index (χ4n) is 16.8. The van der Waals surface area contributed by atoms with Gasteiger partial charge in [-0.3, -0.25) is 0 Å². The standard InChI is InChI=1S/C37H58/c1-19(2)22-10-13-32-30(18-22)33-26-11-8-20(3)15-28(26)27-12-9-23-17-24-14-21(4)16-29-25-6-5-7-31(25)37(32,35(24)29)36(23)34(27)33/h19-36H,5-18H2,1-4H3. The lowest BCUT2D eigenvalue weighted by molar-refractivity contribution is -0.237. The maximum atomic E-state index is 2.67.